The lowest BCUT2D eigenvalue weighted by Gasteiger charge is -2.16. The summed E-state index contributed by atoms with van der Waals surface area (Å²) in [4.78, 5) is 12.7. The largest absolute Gasteiger partial charge is 0.383 e. The van der Waals surface area contributed by atoms with E-state index in [0.717, 1.165) is 4.90 Å². The second kappa shape index (κ2) is 8.38. The smallest absolute Gasteiger partial charge is 0.241 e. The van der Waals surface area contributed by atoms with Gasteiger partial charge in [-0.25, -0.2) is 13.1 Å². The van der Waals surface area contributed by atoms with Gasteiger partial charge in [-0.3, -0.25) is 4.79 Å². The first-order chi connectivity index (χ1) is 12.9. The van der Waals surface area contributed by atoms with Gasteiger partial charge in [0.2, 0.25) is 15.9 Å². The van der Waals surface area contributed by atoms with Gasteiger partial charge in [-0.15, -0.1) is 22.0 Å². The number of benzene rings is 1. The number of aromatic nitrogens is 3. The van der Waals surface area contributed by atoms with Crippen LogP contribution in [0.1, 0.15) is 25.2 Å². The maximum Gasteiger partial charge on any atom is 0.241 e. The van der Waals surface area contributed by atoms with E-state index in [1.54, 1.807) is 24.7 Å². The molecule has 3 rings (SSSR count). The van der Waals surface area contributed by atoms with Gasteiger partial charge in [0, 0.05) is 30.7 Å². The number of methoxy groups -OCH3 is 1. The van der Waals surface area contributed by atoms with Crippen molar-refractivity contribution in [2.75, 3.05) is 24.8 Å². The molecule has 0 saturated carbocycles. The van der Waals surface area contributed by atoms with Crippen LogP contribution in [0.15, 0.2) is 34.3 Å². The summed E-state index contributed by atoms with van der Waals surface area (Å²) in [7, 11) is -2.22. The molecule has 2 aromatic rings. The molecule has 0 bridgehead atoms. The maximum atomic E-state index is 12.8. The Morgan fingerprint density at radius 3 is 3.04 bits per heavy atom. The third-order valence-electron chi connectivity index (χ3n) is 4.02. The molecule has 1 atom stereocenters. The highest BCUT2D eigenvalue weighted by atomic mass is 32.2. The van der Waals surface area contributed by atoms with Crippen LogP contribution in [0, 0.1) is 0 Å². The minimum absolute atomic E-state index is 0.0823. The Balaban J connectivity index is 1.81. The van der Waals surface area contributed by atoms with Crippen LogP contribution < -0.4 is 10.0 Å². The summed E-state index contributed by atoms with van der Waals surface area (Å²) in [6, 6.07) is 4.15. The standard InChI is InChI=1S/C16H21N5O4S2/c1-11(16-19-17-10-21(16)6-7-25-2)20-27(23,24)12-3-4-14-13(9-12)18-15(22)5-8-26-14/h3-4,9-11,20H,5-8H2,1-2H3,(H,18,22)/t11-/m0/s1. The van der Waals surface area contributed by atoms with Crippen molar-refractivity contribution in [3.63, 3.8) is 0 Å². The molecule has 0 saturated heterocycles. The van der Waals surface area contributed by atoms with Crippen molar-refractivity contribution in [1.29, 1.82) is 0 Å². The number of carbonyl (C=O) groups is 1. The van der Waals surface area contributed by atoms with E-state index in [4.69, 9.17) is 4.74 Å². The Morgan fingerprint density at radius 1 is 1.44 bits per heavy atom. The van der Waals surface area contributed by atoms with Gasteiger partial charge >= 0.3 is 0 Å². The molecule has 27 heavy (non-hydrogen) atoms. The van der Waals surface area contributed by atoms with E-state index in [9.17, 15) is 13.2 Å². The first-order valence-corrected chi connectivity index (χ1v) is 10.8. The van der Waals surface area contributed by atoms with E-state index in [1.165, 1.54) is 30.2 Å². The molecule has 1 amide bonds. The quantitative estimate of drug-likeness (QED) is 0.707. The van der Waals surface area contributed by atoms with Crippen molar-refractivity contribution in [2.24, 2.45) is 0 Å². The Labute approximate surface area is 161 Å². The molecule has 0 fully saturated rings. The van der Waals surface area contributed by atoms with Crippen LogP contribution in [-0.2, 0) is 26.1 Å². The first-order valence-electron chi connectivity index (χ1n) is 8.36. The molecular weight excluding hydrogens is 390 g/mol. The molecule has 1 aromatic carbocycles. The fraction of sp³-hybridized carbons (Fsp3) is 0.438. The second-order valence-corrected chi connectivity index (χ2v) is 8.87. The van der Waals surface area contributed by atoms with E-state index in [1.807, 2.05) is 0 Å². The van der Waals surface area contributed by atoms with E-state index in [2.05, 4.69) is 20.2 Å². The average Bonchev–Trinajstić information content (AvgIpc) is 3.01. The molecule has 0 unspecified atom stereocenters. The zero-order valence-electron chi connectivity index (χ0n) is 15.0. The molecule has 0 spiro atoms. The SMILES string of the molecule is COCCn1cnnc1[C@H](C)NS(=O)(=O)c1ccc2c(c1)NC(=O)CCS2. The van der Waals surface area contributed by atoms with E-state index in [-0.39, 0.29) is 10.8 Å². The summed E-state index contributed by atoms with van der Waals surface area (Å²) >= 11 is 1.52. The number of hydrogen-bond donors (Lipinski definition) is 2. The Bertz CT molecular complexity index is 929. The average molecular weight is 412 g/mol. The molecule has 2 heterocycles. The van der Waals surface area contributed by atoms with Crippen molar-refractivity contribution in [3.8, 4) is 0 Å². The summed E-state index contributed by atoms with van der Waals surface area (Å²) in [6.07, 6.45) is 1.93. The van der Waals surface area contributed by atoms with Gasteiger partial charge in [0.15, 0.2) is 5.82 Å². The molecular formula is C16H21N5O4S2. The first kappa shape index (κ1) is 19.8. The summed E-state index contributed by atoms with van der Waals surface area (Å²) in [6.45, 7) is 2.69. The van der Waals surface area contributed by atoms with Gasteiger partial charge in [-0.05, 0) is 25.1 Å². The Kier molecular flexibility index (Phi) is 6.15. The van der Waals surface area contributed by atoms with E-state index < -0.39 is 16.1 Å². The zero-order valence-corrected chi connectivity index (χ0v) is 16.6. The van der Waals surface area contributed by atoms with Crippen LogP contribution in [0.2, 0.25) is 0 Å². The number of anilines is 1. The number of ether oxygens (including phenoxy) is 1. The van der Waals surface area contributed by atoms with Gasteiger partial charge in [-0.1, -0.05) is 0 Å². The minimum atomic E-state index is -3.81. The lowest BCUT2D eigenvalue weighted by atomic mass is 10.3. The van der Waals surface area contributed by atoms with Crippen molar-refractivity contribution >= 4 is 33.4 Å². The molecule has 1 aromatic heterocycles. The number of fused-ring (bicyclic) bond motifs is 1. The topological polar surface area (TPSA) is 115 Å². The highest BCUT2D eigenvalue weighted by molar-refractivity contribution is 7.99. The van der Waals surface area contributed by atoms with Crippen LogP contribution in [-0.4, -0.2) is 48.6 Å². The zero-order chi connectivity index (χ0) is 19.4. The minimum Gasteiger partial charge on any atom is -0.383 e. The lowest BCUT2D eigenvalue weighted by molar-refractivity contribution is -0.115. The summed E-state index contributed by atoms with van der Waals surface area (Å²) < 4.78 is 35.0. The Morgan fingerprint density at radius 2 is 2.26 bits per heavy atom. The molecule has 2 N–H and O–H groups in total. The number of hydrogen-bond acceptors (Lipinski definition) is 7. The molecule has 1 aliphatic rings. The third kappa shape index (κ3) is 4.67. The van der Waals surface area contributed by atoms with Crippen LogP contribution in [0.25, 0.3) is 0 Å². The molecule has 0 aliphatic carbocycles. The fourth-order valence-corrected chi connectivity index (χ4v) is 4.85. The predicted molar refractivity (Wildman–Crippen MR) is 101 cm³/mol. The van der Waals surface area contributed by atoms with Crippen molar-refractivity contribution < 1.29 is 17.9 Å². The molecule has 1 aliphatic heterocycles. The number of thioether (sulfide) groups is 1. The Hall–Kier alpha value is -1.95. The van der Waals surface area contributed by atoms with E-state index >= 15 is 0 Å². The number of nitrogens with one attached hydrogen (secondary N) is 2. The number of sulfonamides is 1. The van der Waals surface area contributed by atoms with Crippen LogP contribution in [0.3, 0.4) is 0 Å². The second-order valence-electron chi connectivity index (χ2n) is 6.02. The van der Waals surface area contributed by atoms with Crippen molar-refractivity contribution in [3.05, 3.63) is 30.4 Å². The van der Waals surface area contributed by atoms with Gasteiger partial charge in [-0.2, -0.15) is 0 Å². The van der Waals surface area contributed by atoms with Crippen molar-refractivity contribution in [2.45, 2.75) is 35.7 Å². The van der Waals surface area contributed by atoms with Gasteiger partial charge in [0.25, 0.3) is 0 Å². The van der Waals surface area contributed by atoms with Crippen LogP contribution in [0.4, 0.5) is 5.69 Å². The molecule has 9 nitrogen and oxygen atoms in total. The monoisotopic (exact) mass is 411 g/mol. The van der Waals surface area contributed by atoms with E-state index in [0.29, 0.717) is 36.8 Å². The third-order valence-corrected chi connectivity index (χ3v) is 6.64. The molecule has 11 heteroatoms. The van der Waals surface area contributed by atoms with Gasteiger partial charge in [0.1, 0.15) is 6.33 Å². The fourth-order valence-electron chi connectivity index (χ4n) is 2.68. The maximum absolute atomic E-state index is 12.8. The molecule has 146 valence electrons. The number of carbonyl (C=O) groups excluding carboxylic acids is 1. The van der Waals surface area contributed by atoms with Gasteiger partial charge in [0.05, 0.1) is 23.2 Å². The highest BCUT2D eigenvalue weighted by Gasteiger charge is 2.23. The van der Waals surface area contributed by atoms with Crippen LogP contribution in [0.5, 0.6) is 0 Å². The summed E-state index contributed by atoms with van der Waals surface area (Å²) in [5.41, 5.74) is 0.515. The normalized spacial score (nSPS) is 15.7. The van der Waals surface area contributed by atoms with Gasteiger partial charge < -0.3 is 14.6 Å². The molecule has 0 radical (unpaired) electrons. The number of nitrogens with zero attached hydrogens (tertiary/aromatic N) is 3. The van der Waals surface area contributed by atoms with Crippen molar-refractivity contribution in [1.82, 2.24) is 19.5 Å². The number of amides is 1. The summed E-state index contributed by atoms with van der Waals surface area (Å²) in [5.74, 6) is 1.04. The van der Waals surface area contributed by atoms with Crippen LogP contribution >= 0.6 is 11.8 Å². The lowest BCUT2D eigenvalue weighted by Crippen LogP contribution is -2.29. The summed E-state index contributed by atoms with van der Waals surface area (Å²) in [5, 5.41) is 10.6. The number of rotatable bonds is 7. The predicted octanol–water partition coefficient (Wildman–Crippen LogP) is 1.40. The highest BCUT2D eigenvalue weighted by Crippen LogP contribution is 2.32.